The number of anilines is 2. The Labute approximate surface area is 107 Å². The van der Waals surface area contributed by atoms with Crippen LogP contribution < -0.4 is 10.2 Å². The topological polar surface area (TPSA) is 49.4 Å². The molecular formula is C14H18N2O2. The fourth-order valence-corrected chi connectivity index (χ4v) is 1.95. The Balaban J connectivity index is 2.16. The summed E-state index contributed by atoms with van der Waals surface area (Å²) >= 11 is 0. The van der Waals surface area contributed by atoms with Crippen LogP contribution in [0.2, 0.25) is 0 Å². The number of benzene rings is 1. The molecule has 1 aliphatic carbocycles. The number of carbonyl (C=O) groups excluding carboxylic acids is 2. The Morgan fingerprint density at radius 2 is 1.94 bits per heavy atom. The van der Waals surface area contributed by atoms with Crippen LogP contribution in [0, 0.1) is 5.92 Å². The van der Waals surface area contributed by atoms with Gasteiger partial charge in [-0.1, -0.05) is 18.6 Å². The number of hydrogen-bond acceptors (Lipinski definition) is 2. The second-order valence-electron chi connectivity index (χ2n) is 4.71. The third-order valence-electron chi connectivity index (χ3n) is 3.47. The standard InChI is InChI=1S/C14H18N2O2/c1-10(17)16(2)13-9-4-3-8-12(13)15-14(18)11-6-5-7-11/h3-4,8-9,11H,5-7H2,1-2H3,(H,15,18). The van der Waals surface area contributed by atoms with E-state index in [0.29, 0.717) is 5.69 Å². The van der Waals surface area contributed by atoms with Crippen LogP contribution in [0.4, 0.5) is 11.4 Å². The van der Waals surface area contributed by atoms with E-state index in [1.807, 2.05) is 24.3 Å². The molecule has 2 amide bonds. The Hall–Kier alpha value is -1.84. The number of rotatable bonds is 3. The molecule has 2 rings (SSSR count). The summed E-state index contributed by atoms with van der Waals surface area (Å²) in [5.74, 6) is 0.145. The molecule has 1 fully saturated rings. The van der Waals surface area contributed by atoms with Gasteiger partial charge in [0.2, 0.25) is 11.8 Å². The van der Waals surface area contributed by atoms with Crippen molar-refractivity contribution in [2.45, 2.75) is 26.2 Å². The number of amides is 2. The van der Waals surface area contributed by atoms with Crippen LogP contribution in [0.25, 0.3) is 0 Å². The highest BCUT2D eigenvalue weighted by molar-refractivity contribution is 6.00. The molecule has 0 saturated heterocycles. The molecule has 0 heterocycles. The van der Waals surface area contributed by atoms with Crippen molar-refractivity contribution in [3.05, 3.63) is 24.3 Å². The molecule has 1 aromatic carbocycles. The van der Waals surface area contributed by atoms with Crippen molar-refractivity contribution in [2.75, 3.05) is 17.3 Å². The molecule has 0 radical (unpaired) electrons. The zero-order chi connectivity index (χ0) is 13.1. The smallest absolute Gasteiger partial charge is 0.227 e. The summed E-state index contributed by atoms with van der Waals surface area (Å²) in [6.07, 6.45) is 3.07. The van der Waals surface area contributed by atoms with Crippen LogP contribution in [0.1, 0.15) is 26.2 Å². The number of carbonyl (C=O) groups is 2. The van der Waals surface area contributed by atoms with Gasteiger partial charge in [-0.3, -0.25) is 9.59 Å². The molecule has 1 saturated carbocycles. The first kappa shape index (κ1) is 12.6. The second-order valence-corrected chi connectivity index (χ2v) is 4.71. The van der Waals surface area contributed by atoms with Gasteiger partial charge in [-0.05, 0) is 25.0 Å². The zero-order valence-electron chi connectivity index (χ0n) is 10.8. The molecule has 0 spiro atoms. The highest BCUT2D eigenvalue weighted by Gasteiger charge is 2.25. The maximum absolute atomic E-state index is 11.9. The van der Waals surface area contributed by atoms with E-state index in [4.69, 9.17) is 0 Å². The van der Waals surface area contributed by atoms with Gasteiger partial charge in [-0.15, -0.1) is 0 Å². The zero-order valence-corrected chi connectivity index (χ0v) is 10.8. The van der Waals surface area contributed by atoms with Crippen LogP contribution in [-0.2, 0) is 9.59 Å². The Bertz CT molecular complexity index is 467. The minimum absolute atomic E-state index is 0.0552. The lowest BCUT2D eigenvalue weighted by molar-refractivity contribution is -0.122. The summed E-state index contributed by atoms with van der Waals surface area (Å²) in [5, 5.41) is 2.92. The summed E-state index contributed by atoms with van der Waals surface area (Å²) in [4.78, 5) is 24.9. The minimum Gasteiger partial charge on any atom is -0.324 e. The number of nitrogens with one attached hydrogen (secondary N) is 1. The highest BCUT2D eigenvalue weighted by atomic mass is 16.2. The van der Waals surface area contributed by atoms with Gasteiger partial charge < -0.3 is 10.2 Å². The summed E-state index contributed by atoms with van der Waals surface area (Å²) in [7, 11) is 1.71. The SMILES string of the molecule is CC(=O)N(C)c1ccccc1NC(=O)C1CCC1. The largest absolute Gasteiger partial charge is 0.324 e. The number of nitrogens with zero attached hydrogens (tertiary/aromatic N) is 1. The van der Waals surface area contributed by atoms with Gasteiger partial charge in [-0.2, -0.15) is 0 Å². The van der Waals surface area contributed by atoms with Crippen molar-refractivity contribution in [3.8, 4) is 0 Å². The van der Waals surface area contributed by atoms with Gasteiger partial charge in [0.15, 0.2) is 0 Å². The van der Waals surface area contributed by atoms with Crippen LogP contribution in [0.15, 0.2) is 24.3 Å². The Morgan fingerprint density at radius 3 is 2.50 bits per heavy atom. The van der Waals surface area contributed by atoms with Crippen molar-refractivity contribution in [1.29, 1.82) is 0 Å². The molecule has 0 bridgehead atoms. The molecule has 0 atom stereocenters. The summed E-state index contributed by atoms with van der Waals surface area (Å²) in [6.45, 7) is 1.50. The highest BCUT2D eigenvalue weighted by Crippen LogP contribution is 2.30. The van der Waals surface area contributed by atoms with Gasteiger partial charge in [0.25, 0.3) is 0 Å². The first-order valence-corrected chi connectivity index (χ1v) is 6.24. The normalized spacial score (nSPS) is 14.8. The van der Waals surface area contributed by atoms with E-state index in [0.717, 1.165) is 24.9 Å². The van der Waals surface area contributed by atoms with Gasteiger partial charge >= 0.3 is 0 Å². The lowest BCUT2D eigenvalue weighted by atomic mass is 9.85. The van der Waals surface area contributed by atoms with Gasteiger partial charge in [-0.25, -0.2) is 0 Å². The van der Waals surface area contributed by atoms with Gasteiger partial charge in [0, 0.05) is 19.9 Å². The number of hydrogen-bond donors (Lipinski definition) is 1. The van der Waals surface area contributed by atoms with Crippen LogP contribution in [0.5, 0.6) is 0 Å². The minimum atomic E-state index is -0.0552. The maximum atomic E-state index is 11.9. The average Bonchev–Trinajstić information content (AvgIpc) is 2.26. The van der Waals surface area contributed by atoms with Crippen molar-refractivity contribution in [3.63, 3.8) is 0 Å². The molecule has 0 aliphatic heterocycles. The molecule has 96 valence electrons. The van der Waals surface area contributed by atoms with Crippen LogP contribution >= 0.6 is 0 Å². The van der Waals surface area contributed by atoms with E-state index < -0.39 is 0 Å². The first-order valence-electron chi connectivity index (χ1n) is 6.24. The van der Waals surface area contributed by atoms with E-state index in [9.17, 15) is 9.59 Å². The Morgan fingerprint density at radius 1 is 1.28 bits per heavy atom. The van der Waals surface area contributed by atoms with E-state index in [1.54, 1.807) is 7.05 Å². The third-order valence-corrected chi connectivity index (χ3v) is 3.47. The summed E-state index contributed by atoms with van der Waals surface area (Å²) < 4.78 is 0. The fraction of sp³-hybridized carbons (Fsp3) is 0.429. The lowest BCUT2D eigenvalue weighted by Crippen LogP contribution is -2.30. The van der Waals surface area contributed by atoms with Crippen molar-refractivity contribution >= 4 is 23.2 Å². The molecule has 1 aromatic rings. The first-order chi connectivity index (χ1) is 8.59. The van der Waals surface area contributed by atoms with Crippen molar-refractivity contribution in [2.24, 2.45) is 5.92 Å². The van der Waals surface area contributed by atoms with Crippen LogP contribution in [-0.4, -0.2) is 18.9 Å². The van der Waals surface area contributed by atoms with E-state index in [2.05, 4.69) is 5.32 Å². The van der Waals surface area contributed by atoms with Gasteiger partial charge in [0.05, 0.1) is 11.4 Å². The molecule has 1 aliphatic rings. The van der Waals surface area contributed by atoms with Crippen molar-refractivity contribution < 1.29 is 9.59 Å². The number of para-hydroxylation sites is 2. The van der Waals surface area contributed by atoms with Gasteiger partial charge in [0.1, 0.15) is 0 Å². The third kappa shape index (κ3) is 2.53. The molecule has 18 heavy (non-hydrogen) atoms. The molecule has 0 unspecified atom stereocenters. The maximum Gasteiger partial charge on any atom is 0.227 e. The second kappa shape index (κ2) is 5.21. The molecule has 1 N–H and O–H groups in total. The van der Waals surface area contributed by atoms with Crippen LogP contribution in [0.3, 0.4) is 0 Å². The van der Waals surface area contributed by atoms with Crippen molar-refractivity contribution in [1.82, 2.24) is 0 Å². The molecule has 4 heteroatoms. The molecule has 0 aromatic heterocycles. The summed E-state index contributed by atoms with van der Waals surface area (Å²) in [5.41, 5.74) is 1.43. The van der Waals surface area contributed by atoms with E-state index in [-0.39, 0.29) is 17.7 Å². The van der Waals surface area contributed by atoms with E-state index in [1.165, 1.54) is 11.8 Å². The molecular weight excluding hydrogens is 228 g/mol. The fourth-order valence-electron chi connectivity index (χ4n) is 1.95. The predicted molar refractivity (Wildman–Crippen MR) is 71.5 cm³/mol. The quantitative estimate of drug-likeness (QED) is 0.890. The molecule has 4 nitrogen and oxygen atoms in total. The van der Waals surface area contributed by atoms with E-state index >= 15 is 0 Å². The Kier molecular flexibility index (Phi) is 3.65. The summed E-state index contributed by atoms with van der Waals surface area (Å²) in [6, 6.07) is 7.37. The lowest BCUT2D eigenvalue weighted by Gasteiger charge is -2.25. The predicted octanol–water partition coefficient (Wildman–Crippen LogP) is 2.41. The average molecular weight is 246 g/mol. The monoisotopic (exact) mass is 246 g/mol.